The zero-order valence-corrected chi connectivity index (χ0v) is 7.96. The second kappa shape index (κ2) is 5.40. The first-order valence-corrected chi connectivity index (χ1v) is 4.94. The quantitative estimate of drug-likeness (QED) is 0.415. The predicted octanol–water partition coefficient (Wildman–Crippen LogP) is 3.39. The van der Waals surface area contributed by atoms with Crippen LogP contribution in [-0.2, 0) is 4.89 Å². The highest BCUT2D eigenvalue weighted by Crippen LogP contribution is 2.29. The Kier molecular flexibility index (Phi) is 2.92. The van der Waals surface area contributed by atoms with E-state index in [0.717, 1.165) is 12.8 Å². The van der Waals surface area contributed by atoms with Gasteiger partial charge in [-0.2, -0.15) is 0 Å². The van der Waals surface area contributed by atoms with E-state index < -0.39 is 13.0 Å². The third-order valence-electron chi connectivity index (χ3n) is 2.79. The van der Waals surface area contributed by atoms with Crippen molar-refractivity contribution in [2.45, 2.75) is 51.5 Å². The molecule has 1 aliphatic carbocycles. The van der Waals surface area contributed by atoms with Crippen molar-refractivity contribution in [3.8, 4) is 0 Å². The van der Waals surface area contributed by atoms with Gasteiger partial charge >= 0.3 is 0 Å². The Labute approximate surface area is 84.7 Å². The first-order chi connectivity index (χ1) is 7.45. The summed E-state index contributed by atoms with van der Waals surface area (Å²) >= 11 is 0. The minimum atomic E-state index is -2.25. The van der Waals surface area contributed by atoms with Crippen LogP contribution < -0.4 is 0 Å². The lowest BCUT2D eigenvalue weighted by atomic mass is 9.84. The summed E-state index contributed by atoms with van der Waals surface area (Å²) in [6, 6.07) is 0. The summed E-state index contributed by atoms with van der Waals surface area (Å²) in [6.45, 7) is 1.27. The van der Waals surface area contributed by atoms with Gasteiger partial charge in [0.1, 0.15) is 6.10 Å². The van der Waals surface area contributed by atoms with Gasteiger partial charge in [0, 0.05) is 4.11 Å². The van der Waals surface area contributed by atoms with Gasteiger partial charge in [-0.15, -0.1) is 0 Å². The molecule has 13 heavy (non-hydrogen) atoms. The molecule has 1 unspecified atom stereocenters. The van der Waals surface area contributed by atoms with Crippen molar-refractivity contribution in [2.75, 3.05) is 0 Å². The van der Waals surface area contributed by atoms with Crippen LogP contribution in [0, 0.1) is 5.92 Å². The predicted molar refractivity (Wildman–Crippen MR) is 53.5 cm³/mol. The summed E-state index contributed by atoms with van der Waals surface area (Å²) in [6.07, 6.45) is 5.61. The molecule has 1 aliphatic rings. The maximum absolute atomic E-state index is 8.78. The topological polar surface area (TPSA) is 29.5 Å². The minimum Gasteiger partial charge on any atom is -0.251 e. The minimum absolute atomic E-state index is 0.000531. The van der Waals surface area contributed by atoms with Crippen LogP contribution in [-0.4, -0.2) is 11.4 Å². The highest BCUT2D eigenvalue weighted by Gasteiger charge is 2.19. The molecule has 0 heterocycles. The summed E-state index contributed by atoms with van der Waals surface area (Å²) in [4.78, 5) is 4.28. The molecule has 0 aromatic rings. The summed E-state index contributed by atoms with van der Waals surface area (Å²) in [7, 11) is 0. The van der Waals surface area contributed by atoms with Gasteiger partial charge in [0.15, 0.2) is 0 Å². The first kappa shape index (κ1) is 7.02. The monoisotopic (exact) mass is 187 g/mol. The van der Waals surface area contributed by atoms with Gasteiger partial charge in [-0.05, 0) is 24.8 Å². The van der Waals surface area contributed by atoms with E-state index in [9.17, 15) is 0 Å². The Morgan fingerprint density at radius 1 is 1.62 bits per heavy atom. The molecule has 1 N–H and O–H groups in total. The SMILES string of the molecule is [2H]C([2H])([2H])C(=C)C(CC1CCCCC1)OO. The Bertz CT molecular complexity index is 232. The van der Waals surface area contributed by atoms with Crippen molar-refractivity contribution in [2.24, 2.45) is 5.92 Å². The van der Waals surface area contributed by atoms with Crippen LogP contribution in [0.15, 0.2) is 12.2 Å². The molecule has 0 amide bonds. The Balaban J connectivity index is 2.50. The van der Waals surface area contributed by atoms with Crippen LogP contribution >= 0.6 is 0 Å². The molecule has 76 valence electrons. The van der Waals surface area contributed by atoms with Crippen LogP contribution in [0.4, 0.5) is 0 Å². The van der Waals surface area contributed by atoms with Crippen LogP contribution in [0.25, 0.3) is 0 Å². The lowest BCUT2D eigenvalue weighted by Gasteiger charge is -2.24. The fourth-order valence-corrected chi connectivity index (χ4v) is 1.97. The second-order valence-corrected chi connectivity index (χ2v) is 3.86. The standard InChI is InChI=1S/C11H20O2/c1-9(2)11(13-12)8-10-6-4-3-5-7-10/h10-12H,1,3-8H2,2H3/i2D3. The highest BCUT2D eigenvalue weighted by atomic mass is 17.1. The maximum Gasteiger partial charge on any atom is 0.113 e. The maximum atomic E-state index is 8.78. The van der Waals surface area contributed by atoms with Crippen molar-refractivity contribution in [1.82, 2.24) is 0 Å². The Morgan fingerprint density at radius 2 is 2.31 bits per heavy atom. The van der Waals surface area contributed by atoms with E-state index in [1.165, 1.54) is 19.3 Å². The number of hydrogen-bond acceptors (Lipinski definition) is 2. The van der Waals surface area contributed by atoms with Crippen molar-refractivity contribution >= 4 is 0 Å². The van der Waals surface area contributed by atoms with E-state index in [2.05, 4.69) is 11.5 Å². The van der Waals surface area contributed by atoms with E-state index in [1.807, 2.05) is 0 Å². The fourth-order valence-electron chi connectivity index (χ4n) is 1.97. The lowest BCUT2D eigenvalue weighted by Crippen LogP contribution is -2.19. The van der Waals surface area contributed by atoms with Crippen molar-refractivity contribution in [1.29, 1.82) is 0 Å². The van der Waals surface area contributed by atoms with Gasteiger partial charge in [0.25, 0.3) is 0 Å². The van der Waals surface area contributed by atoms with Crippen molar-refractivity contribution in [3.05, 3.63) is 12.2 Å². The number of hydrogen-bond donors (Lipinski definition) is 1. The molecule has 1 atom stereocenters. The van der Waals surface area contributed by atoms with Gasteiger partial charge in [-0.1, -0.05) is 38.7 Å². The molecule has 0 radical (unpaired) electrons. The third kappa shape index (κ3) is 3.49. The van der Waals surface area contributed by atoms with Crippen molar-refractivity contribution < 1.29 is 14.3 Å². The van der Waals surface area contributed by atoms with Gasteiger partial charge in [0.2, 0.25) is 0 Å². The van der Waals surface area contributed by atoms with Crippen LogP contribution in [0.3, 0.4) is 0 Å². The van der Waals surface area contributed by atoms with Crippen LogP contribution in [0.5, 0.6) is 0 Å². The molecular weight excluding hydrogens is 164 g/mol. The highest BCUT2D eigenvalue weighted by molar-refractivity contribution is 4.98. The van der Waals surface area contributed by atoms with E-state index in [1.54, 1.807) is 0 Å². The van der Waals surface area contributed by atoms with E-state index >= 15 is 0 Å². The molecule has 0 aliphatic heterocycles. The lowest BCUT2D eigenvalue weighted by molar-refractivity contribution is -0.271. The van der Waals surface area contributed by atoms with Crippen LogP contribution in [0.1, 0.15) is 49.5 Å². The average molecular weight is 187 g/mol. The zero-order valence-electron chi connectivity index (χ0n) is 11.0. The molecule has 2 heteroatoms. The van der Waals surface area contributed by atoms with E-state index in [-0.39, 0.29) is 5.57 Å². The molecule has 0 aromatic carbocycles. The molecule has 0 aromatic heterocycles. The molecule has 0 saturated heterocycles. The summed E-state index contributed by atoms with van der Waals surface area (Å²) in [5, 5.41) is 8.78. The molecular formula is C11H20O2. The summed E-state index contributed by atoms with van der Waals surface area (Å²) in [5.41, 5.74) is 0.000531. The van der Waals surface area contributed by atoms with Gasteiger partial charge in [-0.25, -0.2) is 4.89 Å². The normalized spacial score (nSPS) is 25.8. The Morgan fingerprint density at radius 3 is 2.85 bits per heavy atom. The number of rotatable bonds is 4. The summed E-state index contributed by atoms with van der Waals surface area (Å²) < 4.78 is 21.7. The molecule has 0 bridgehead atoms. The molecule has 1 fully saturated rings. The molecule has 1 rings (SSSR count). The summed E-state index contributed by atoms with van der Waals surface area (Å²) in [5.74, 6) is 0.449. The second-order valence-electron chi connectivity index (χ2n) is 3.86. The van der Waals surface area contributed by atoms with Crippen LogP contribution in [0.2, 0.25) is 0 Å². The Hall–Kier alpha value is -0.340. The molecule has 2 nitrogen and oxygen atoms in total. The van der Waals surface area contributed by atoms with E-state index in [0.29, 0.717) is 12.3 Å². The zero-order chi connectivity index (χ0) is 12.2. The largest absolute Gasteiger partial charge is 0.251 e. The smallest absolute Gasteiger partial charge is 0.113 e. The molecule has 1 saturated carbocycles. The first-order valence-electron chi connectivity index (χ1n) is 6.44. The van der Waals surface area contributed by atoms with E-state index in [4.69, 9.17) is 9.37 Å². The average Bonchev–Trinajstić information content (AvgIpc) is 2.25. The van der Waals surface area contributed by atoms with Crippen molar-refractivity contribution in [3.63, 3.8) is 0 Å². The van der Waals surface area contributed by atoms with Gasteiger partial charge in [0.05, 0.1) is 0 Å². The molecule has 0 spiro atoms. The third-order valence-corrected chi connectivity index (χ3v) is 2.79. The fraction of sp³-hybridized carbons (Fsp3) is 0.818. The van der Waals surface area contributed by atoms with Gasteiger partial charge in [-0.3, -0.25) is 5.26 Å². The van der Waals surface area contributed by atoms with Gasteiger partial charge < -0.3 is 0 Å².